The van der Waals surface area contributed by atoms with Crippen LogP contribution in [0.2, 0.25) is 0 Å². The molecule has 0 aromatic carbocycles. The molecule has 194 valence electrons. The lowest BCUT2D eigenvalue weighted by molar-refractivity contribution is -0.172. The van der Waals surface area contributed by atoms with Crippen molar-refractivity contribution in [3.63, 3.8) is 0 Å². The number of hydrogen-bond donors (Lipinski definition) is 2. The Morgan fingerprint density at radius 2 is 1.53 bits per heavy atom. The summed E-state index contributed by atoms with van der Waals surface area (Å²) in [6, 6.07) is 0. The number of aliphatic hydroxyl groups excluding tert-OH is 2. The second kappa shape index (κ2) is 8.06. The first kappa shape index (κ1) is 25.3. The van der Waals surface area contributed by atoms with Gasteiger partial charge in [-0.2, -0.15) is 0 Å². The summed E-state index contributed by atoms with van der Waals surface area (Å²) in [4.78, 5) is 0. The Hall–Kier alpha value is -0.380. The van der Waals surface area contributed by atoms with Gasteiger partial charge in [0.2, 0.25) is 0 Å². The maximum absolute atomic E-state index is 10.9. The lowest BCUT2D eigenvalue weighted by Gasteiger charge is -2.63. The molecule has 3 heteroatoms. The van der Waals surface area contributed by atoms with Gasteiger partial charge >= 0.3 is 0 Å². The summed E-state index contributed by atoms with van der Waals surface area (Å²) in [5.74, 6) is 2.47. The van der Waals surface area contributed by atoms with E-state index in [4.69, 9.17) is 4.74 Å². The van der Waals surface area contributed by atoms with Gasteiger partial charge in [0.25, 0.3) is 0 Å². The molecule has 4 saturated carbocycles. The Morgan fingerprint density at radius 3 is 2.21 bits per heavy atom. The maximum Gasteiger partial charge on any atom is 0.0625 e. The van der Waals surface area contributed by atoms with Crippen molar-refractivity contribution in [3.8, 4) is 0 Å². The van der Waals surface area contributed by atoms with E-state index < -0.39 is 0 Å². The van der Waals surface area contributed by atoms with E-state index in [1.165, 1.54) is 38.5 Å². The van der Waals surface area contributed by atoms with Crippen LogP contribution in [0.5, 0.6) is 0 Å². The van der Waals surface area contributed by atoms with Crippen molar-refractivity contribution in [2.75, 3.05) is 13.7 Å². The van der Waals surface area contributed by atoms with Gasteiger partial charge in [-0.05, 0) is 110 Å². The normalized spacial score (nSPS) is 54.6. The van der Waals surface area contributed by atoms with Gasteiger partial charge in [-0.1, -0.05) is 53.2 Å². The fraction of sp³-hybridized carbons (Fsp3) is 0.935. The van der Waals surface area contributed by atoms with Gasteiger partial charge in [-0.25, -0.2) is 0 Å². The molecule has 0 amide bonds. The molecule has 34 heavy (non-hydrogen) atoms. The molecular weight excluding hydrogens is 420 g/mol. The topological polar surface area (TPSA) is 49.7 Å². The Morgan fingerprint density at radius 1 is 0.824 bits per heavy atom. The molecule has 5 aliphatic rings. The van der Waals surface area contributed by atoms with Crippen molar-refractivity contribution in [3.05, 3.63) is 11.6 Å². The smallest absolute Gasteiger partial charge is 0.0625 e. The number of allylic oxidation sites excluding steroid dienone is 2. The van der Waals surface area contributed by atoms with Crippen molar-refractivity contribution < 1.29 is 14.9 Å². The molecule has 0 bridgehead atoms. The zero-order chi connectivity index (χ0) is 24.7. The minimum absolute atomic E-state index is 0.107. The average Bonchev–Trinajstić information content (AvgIpc) is 2.93. The number of methoxy groups -OCH3 is 1. The minimum atomic E-state index is -0.371. The van der Waals surface area contributed by atoms with E-state index in [2.05, 4.69) is 47.6 Å². The van der Waals surface area contributed by atoms with Crippen LogP contribution in [0.25, 0.3) is 0 Å². The zero-order valence-corrected chi connectivity index (χ0v) is 23.1. The van der Waals surface area contributed by atoms with E-state index in [0.717, 1.165) is 37.5 Å². The molecule has 0 aromatic heterocycles. The van der Waals surface area contributed by atoms with Gasteiger partial charge in [-0.15, -0.1) is 0 Å². The molecule has 0 saturated heterocycles. The summed E-state index contributed by atoms with van der Waals surface area (Å²) >= 11 is 0. The summed E-state index contributed by atoms with van der Waals surface area (Å²) in [5, 5.41) is 21.3. The van der Waals surface area contributed by atoms with Gasteiger partial charge in [0.15, 0.2) is 0 Å². The summed E-state index contributed by atoms with van der Waals surface area (Å²) in [6.45, 7) is 15.0. The first-order valence-electron chi connectivity index (χ1n) is 14.4. The minimum Gasteiger partial charge on any atom is -0.396 e. The van der Waals surface area contributed by atoms with E-state index >= 15 is 0 Å². The molecule has 0 aromatic rings. The van der Waals surface area contributed by atoms with Crippen LogP contribution >= 0.6 is 0 Å². The monoisotopic (exact) mass is 472 g/mol. The van der Waals surface area contributed by atoms with Gasteiger partial charge in [0, 0.05) is 12.5 Å². The standard InChI is InChI=1S/C31H52O3/c1-27(2)22-12-15-28(3)18-20-8-10-24-29(4,16-13-25(33)31(24,6)19-32)21(20)9-11-23(28)30(22,5)17-14-26(27)34-7/h18,21-26,32-33H,8-17,19H2,1-7H3/t21-,22-,23-,24+,25+,26-,28-,29+,30-,31+/m0/s1. The largest absolute Gasteiger partial charge is 0.396 e. The van der Waals surface area contributed by atoms with Crippen molar-refractivity contribution in [2.24, 2.45) is 50.7 Å². The second-order valence-electron chi connectivity index (χ2n) is 14.9. The molecule has 5 aliphatic carbocycles. The lowest BCUT2D eigenvalue weighted by atomic mass is 9.42. The quantitative estimate of drug-likeness (QED) is 0.436. The first-order chi connectivity index (χ1) is 15.9. The molecule has 0 radical (unpaired) electrons. The molecule has 4 fully saturated rings. The number of hydrogen-bond acceptors (Lipinski definition) is 3. The van der Waals surface area contributed by atoms with Crippen molar-refractivity contribution in [1.29, 1.82) is 0 Å². The van der Waals surface area contributed by atoms with Crippen LogP contribution in [0.3, 0.4) is 0 Å². The maximum atomic E-state index is 10.9. The van der Waals surface area contributed by atoms with Crippen LogP contribution < -0.4 is 0 Å². The van der Waals surface area contributed by atoms with E-state index in [1.807, 2.05) is 7.11 Å². The third-order valence-electron chi connectivity index (χ3n) is 13.2. The Balaban J connectivity index is 1.50. The van der Waals surface area contributed by atoms with Crippen LogP contribution in [0, 0.1) is 50.7 Å². The van der Waals surface area contributed by atoms with Crippen molar-refractivity contribution >= 4 is 0 Å². The van der Waals surface area contributed by atoms with Crippen molar-refractivity contribution in [2.45, 2.75) is 118 Å². The highest BCUT2D eigenvalue weighted by Gasteiger charge is 2.63. The third kappa shape index (κ3) is 3.24. The molecule has 0 unspecified atom stereocenters. The van der Waals surface area contributed by atoms with Gasteiger partial charge in [-0.3, -0.25) is 0 Å². The average molecular weight is 473 g/mol. The SMILES string of the molecule is CO[C@H]1CC[C@]2(C)[C@H]3CC[C@H]4C(=C[C@]3(C)CC[C@H]2C1(C)C)CC[C@@H]1[C@]4(C)CC[C@@H](O)[C@]1(C)CO. The molecule has 0 spiro atoms. The van der Waals surface area contributed by atoms with Gasteiger partial charge in [0.05, 0.1) is 18.8 Å². The Kier molecular flexibility index (Phi) is 5.99. The molecule has 3 nitrogen and oxygen atoms in total. The highest BCUT2D eigenvalue weighted by atomic mass is 16.5. The van der Waals surface area contributed by atoms with E-state index in [-0.39, 0.29) is 29.0 Å². The van der Waals surface area contributed by atoms with Gasteiger partial charge < -0.3 is 14.9 Å². The van der Waals surface area contributed by atoms with Crippen LogP contribution in [0.1, 0.15) is 106 Å². The predicted octanol–water partition coefficient (Wildman–Crippen LogP) is 6.77. The molecule has 5 rings (SSSR count). The van der Waals surface area contributed by atoms with Crippen LogP contribution in [-0.4, -0.2) is 36.1 Å². The highest BCUT2D eigenvalue weighted by molar-refractivity contribution is 5.26. The summed E-state index contributed by atoms with van der Waals surface area (Å²) in [6.07, 6.45) is 14.7. The fourth-order valence-corrected chi connectivity index (χ4v) is 11.4. The zero-order valence-electron chi connectivity index (χ0n) is 23.1. The number of rotatable bonds is 2. The molecule has 0 heterocycles. The molecule has 2 N–H and O–H groups in total. The lowest BCUT2D eigenvalue weighted by Crippen LogP contribution is -2.58. The molecular formula is C31H52O3. The summed E-state index contributed by atoms with van der Waals surface area (Å²) < 4.78 is 6.02. The molecule has 10 atom stereocenters. The Bertz CT molecular complexity index is 833. The van der Waals surface area contributed by atoms with Gasteiger partial charge in [0.1, 0.15) is 0 Å². The van der Waals surface area contributed by atoms with Crippen LogP contribution in [0.4, 0.5) is 0 Å². The predicted molar refractivity (Wildman–Crippen MR) is 138 cm³/mol. The van der Waals surface area contributed by atoms with Crippen molar-refractivity contribution in [1.82, 2.24) is 0 Å². The Labute approximate surface area is 209 Å². The second-order valence-corrected chi connectivity index (χ2v) is 14.9. The first-order valence-corrected chi connectivity index (χ1v) is 14.4. The number of fused-ring (bicyclic) bond motifs is 6. The van der Waals surface area contributed by atoms with Crippen LogP contribution in [0.15, 0.2) is 11.6 Å². The fourth-order valence-electron chi connectivity index (χ4n) is 11.4. The summed E-state index contributed by atoms with van der Waals surface area (Å²) in [7, 11) is 1.92. The number of aliphatic hydroxyl groups is 2. The third-order valence-corrected chi connectivity index (χ3v) is 13.2. The van der Waals surface area contributed by atoms with E-state index in [0.29, 0.717) is 28.8 Å². The summed E-state index contributed by atoms with van der Waals surface area (Å²) in [5.41, 5.74) is 2.46. The van der Waals surface area contributed by atoms with E-state index in [1.54, 1.807) is 5.57 Å². The van der Waals surface area contributed by atoms with E-state index in [9.17, 15) is 10.2 Å². The van der Waals surface area contributed by atoms with Crippen LogP contribution in [-0.2, 0) is 4.74 Å². The highest BCUT2D eigenvalue weighted by Crippen LogP contribution is 2.69. The molecule has 0 aliphatic heterocycles. The number of ether oxygens (including phenoxy) is 1.